The first-order chi connectivity index (χ1) is 30.2. The predicted octanol–water partition coefficient (Wildman–Crippen LogP) is 15.3. The van der Waals surface area contributed by atoms with Crippen LogP contribution in [0, 0.1) is 13.8 Å². The van der Waals surface area contributed by atoms with E-state index in [0.29, 0.717) is 0 Å². The summed E-state index contributed by atoms with van der Waals surface area (Å²) in [5.74, 6) is -0.965. The highest BCUT2D eigenvalue weighted by molar-refractivity contribution is 5.93. The van der Waals surface area contributed by atoms with Gasteiger partial charge in [-0.25, -0.2) is 4.79 Å². The molecule has 0 bridgehead atoms. The minimum atomic E-state index is -0.965. The fourth-order valence-corrected chi connectivity index (χ4v) is 8.13. The second-order valence-electron chi connectivity index (χ2n) is 16.0. The fraction of sp³-hybridized carbons (Fsp3) is 0.169. The molecule has 1 N–H and O–H groups in total. The molecule has 310 valence electrons. The maximum Gasteiger partial charge on any atom is 0.328 e. The minimum absolute atomic E-state index is 0.852. The first kappa shape index (κ1) is 43.1. The molecule has 0 saturated carbocycles. The van der Waals surface area contributed by atoms with Gasteiger partial charge in [0.1, 0.15) is 0 Å². The molecule has 0 aliphatic carbocycles. The van der Waals surface area contributed by atoms with Crippen molar-refractivity contribution in [2.75, 3.05) is 4.90 Å². The summed E-state index contributed by atoms with van der Waals surface area (Å²) >= 11 is 0. The monoisotopic (exact) mass is 811 g/mol. The molecule has 0 spiro atoms. The first-order valence-electron chi connectivity index (χ1n) is 22.0. The third kappa shape index (κ3) is 10.3. The SMILES string of the molecule is CCc1ccc(C(=Cc2ccc(N(c3ccc(C=C(c4ccc(CC)cc4)c4ccc(CC)cc4)cc3)c3c(C)cc(/C=C\C(=O)O)cc3C)cc2)c2ccc(CC)cc2)cc1. The van der Waals surface area contributed by atoms with Crippen molar-refractivity contribution in [1.82, 2.24) is 0 Å². The Morgan fingerprint density at radius 2 is 0.758 bits per heavy atom. The Morgan fingerprint density at radius 1 is 0.452 bits per heavy atom. The van der Waals surface area contributed by atoms with Gasteiger partial charge in [0.05, 0.1) is 5.69 Å². The van der Waals surface area contributed by atoms with Crippen LogP contribution < -0.4 is 4.90 Å². The molecular formula is C59H57NO2. The number of benzene rings is 7. The van der Waals surface area contributed by atoms with Crippen molar-refractivity contribution in [3.05, 3.63) is 236 Å². The van der Waals surface area contributed by atoms with Crippen LogP contribution in [0.2, 0.25) is 0 Å². The molecule has 3 heteroatoms. The largest absolute Gasteiger partial charge is 0.478 e. The Kier molecular flexibility index (Phi) is 14.0. The molecule has 7 aromatic carbocycles. The van der Waals surface area contributed by atoms with Crippen molar-refractivity contribution in [1.29, 1.82) is 0 Å². The standard InChI is InChI=1S/C59H57NO2/c1-7-43-11-24-50(25-12-43)56(51-26-13-44(8-2)14-27-51)39-47-19-32-54(33-20-47)60(59-41(5)37-49(38-42(59)6)23-36-58(61)62)55-34-21-48(22-35-55)40-57(52-28-15-45(9-3)16-29-52)53-30-17-46(10-4)18-31-53/h11-40H,7-10H2,1-6H3,(H,61,62)/b36-23-. The molecule has 0 aliphatic rings. The second kappa shape index (κ2) is 20.1. The van der Waals surface area contributed by atoms with Gasteiger partial charge in [-0.05, 0) is 178 Å². The molecular weight excluding hydrogens is 755 g/mol. The fourth-order valence-electron chi connectivity index (χ4n) is 8.13. The lowest BCUT2D eigenvalue weighted by molar-refractivity contribution is -0.131. The molecule has 0 aliphatic heterocycles. The number of hydrogen-bond donors (Lipinski definition) is 1. The zero-order valence-corrected chi connectivity index (χ0v) is 37.0. The van der Waals surface area contributed by atoms with Crippen molar-refractivity contribution in [3.63, 3.8) is 0 Å². The van der Waals surface area contributed by atoms with Gasteiger partial charge in [0.2, 0.25) is 0 Å². The van der Waals surface area contributed by atoms with E-state index in [0.717, 1.165) is 70.6 Å². The molecule has 0 aromatic heterocycles. The van der Waals surface area contributed by atoms with Gasteiger partial charge >= 0.3 is 5.97 Å². The van der Waals surface area contributed by atoms with E-state index in [1.54, 1.807) is 6.08 Å². The van der Waals surface area contributed by atoms with Gasteiger partial charge in [0.25, 0.3) is 0 Å². The molecule has 0 heterocycles. The number of aliphatic carboxylic acids is 1. The van der Waals surface area contributed by atoms with E-state index < -0.39 is 5.97 Å². The van der Waals surface area contributed by atoms with Crippen molar-refractivity contribution < 1.29 is 9.90 Å². The lowest BCUT2D eigenvalue weighted by Gasteiger charge is -2.29. The molecule has 0 saturated heterocycles. The highest BCUT2D eigenvalue weighted by atomic mass is 16.4. The summed E-state index contributed by atoms with van der Waals surface area (Å²) in [7, 11) is 0. The quantitative estimate of drug-likeness (QED) is 0.0828. The molecule has 0 unspecified atom stereocenters. The summed E-state index contributed by atoms with van der Waals surface area (Å²) in [6.07, 6.45) is 11.5. The third-order valence-corrected chi connectivity index (χ3v) is 11.8. The number of aryl methyl sites for hydroxylation is 6. The first-order valence-corrected chi connectivity index (χ1v) is 22.0. The Labute approximate surface area is 369 Å². The van der Waals surface area contributed by atoms with Crippen LogP contribution in [0.3, 0.4) is 0 Å². The number of rotatable bonds is 15. The van der Waals surface area contributed by atoms with E-state index in [1.165, 1.54) is 61.7 Å². The van der Waals surface area contributed by atoms with Crippen LogP contribution in [-0.2, 0) is 30.5 Å². The molecule has 0 radical (unpaired) electrons. The summed E-state index contributed by atoms with van der Waals surface area (Å²) < 4.78 is 0. The highest BCUT2D eigenvalue weighted by Crippen LogP contribution is 2.40. The number of anilines is 3. The Bertz CT molecular complexity index is 2420. The molecule has 0 fully saturated rings. The predicted molar refractivity (Wildman–Crippen MR) is 264 cm³/mol. The van der Waals surface area contributed by atoms with Crippen LogP contribution in [0.1, 0.15) is 100 Å². The maximum atomic E-state index is 11.4. The molecule has 0 amide bonds. The highest BCUT2D eigenvalue weighted by Gasteiger charge is 2.18. The van der Waals surface area contributed by atoms with Gasteiger partial charge in [-0.3, -0.25) is 0 Å². The van der Waals surface area contributed by atoms with Crippen molar-refractivity contribution in [3.8, 4) is 0 Å². The number of carboxylic acids is 1. The van der Waals surface area contributed by atoms with E-state index in [4.69, 9.17) is 0 Å². The van der Waals surface area contributed by atoms with E-state index in [1.807, 2.05) is 0 Å². The third-order valence-electron chi connectivity index (χ3n) is 11.8. The van der Waals surface area contributed by atoms with Crippen LogP contribution >= 0.6 is 0 Å². The van der Waals surface area contributed by atoms with Crippen molar-refractivity contribution >= 4 is 52.4 Å². The van der Waals surface area contributed by atoms with Crippen LogP contribution in [-0.4, -0.2) is 11.1 Å². The molecule has 62 heavy (non-hydrogen) atoms. The zero-order valence-electron chi connectivity index (χ0n) is 37.0. The molecule has 7 aromatic rings. The van der Waals surface area contributed by atoms with Crippen LogP contribution in [0.15, 0.2) is 164 Å². The molecule has 0 atom stereocenters. The van der Waals surface area contributed by atoms with E-state index in [-0.39, 0.29) is 0 Å². The average molecular weight is 812 g/mol. The average Bonchev–Trinajstić information content (AvgIpc) is 3.31. The van der Waals surface area contributed by atoms with Crippen LogP contribution in [0.25, 0.3) is 29.4 Å². The number of carboxylic acid groups (broad SMARTS) is 1. The van der Waals surface area contributed by atoms with Crippen molar-refractivity contribution in [2.24, 2.45) is 0 Å². The van der Waals surface area contributed by atoms with Gasteiger partial charge in [-0.1, -0.05) is 149 Å². The Hall–Kier alpha value is -6.97. The number of carbonyl (C=O) groups is 1. The lowest BCUT2D eigenvalue weighted by atomic mass is 9.93. The summed E-state index contributed by atoms with van der Waals surface area (Å²) in [6, 6.07) is 57.5. The van der Waals surface area contributed by atoms with Crippen LogP contribution in [0.5, 0.6) is 0 Å². The summed E-state index contributed by atoms with van der Waals surface area (Å²) in [4.78, 5) is 13.7. The van der Waals surface area contributed by atoms with E-state index >= 15 is 0 Å². The van der Waals surface area contributed by atoms with Crippen molar-refractivity contribution in [2.45, 2.75) is 67.2 Å². The zero-order chi connectivity index (χ0) is 43.6. The summed E-state index contributed by atoms with van der Waals surface area (Å²) in [5, 5.41) is 9.35. The molecule has 3 nitrogen and oxygen atoms in total. The Morgan fingerprint density at radius 3 is 1.03 bits per heavy atom. The normalized spacial score (nSPS) is 11.1. The van der Waals surface area contributed by atoms with Gasteiger partial charge in [0, 0.05) is 17.5 Å². The second-order valence-corrected chi connectivity index (χ2v) is 16.0. The van der Waals surface area contributed by atoms with Crippen LogP contribution in [0.4, 0.5) is 17.1 Å². The van der Waals surface area contributed by atoms with Gasteiger partial charge in [0.15, 0.2) is 0 Å². The topological polar surface area (TPSA) is 40.5 Å². The smallest absolute Gasteiger partial charge is 0.328 e. The van der Waals surface area contributed by atoms with Gasteiger partial charge in [-0.2, -0.15) is 0 Å². The van der Waals surface area contributed by atoms with Gasteiger partial charge < -0.3 is 10.0 Å². The number of hydrogen-bond acceptors (Lipinski definition) is 2. The minimum Gasteiger partial charge on any atom is -0.478 e. The number of nitrogens with zero attached hydrogens (tertiary/aromatic N) is 1. The maximum absolute atomic E-state index is 11.4. The van der Waals surface area contributed by atoms with Gasteiger partial charge in [-0.15, -0.1) is 0 Å². The summed E-state index contributed by atoms with van der Waals surface area (Å²) in [6.45, 7) is 13.0. The summed E-state index contributed by atoms with van der Waals surface area (Å²) in [5.41, 5.74) is 20.7. The molecule has 7 rings (SSSR count). The lowest BCUT2D eigenvalue weighted by Crippen LogP contribution is -2.13. The van der Waals surface area contributed by atoms with E-state index in [9.17, 15) is 9.90 Å². The Balaban J connectivity index is 1.31. The van der Waals surface area contributed by atoms with E-state index in [2.05, 4.69) is 216 Å².